The van der Waals surface area contributed by atoms with Crippen molar-refractivity contribution in [3.63, 3.8) is 0 Å². The number of rotatable bonds is 7. The molecule has 0 spiro atoms. The summed E-state index contributed by atoms with van der Waals surface area (Å²) in [5, 5.41) is 0. The molecule has 2 N–H and O–H groups in total. The molecule has 0 aromatic rings. The van der Waals surface area contributed by atoms with Crippen LogP contribution in [0.4, 0.5) is 0 Å². The Balaban J connectivity index is 4.13. The first kappa shape index (κ1) is 15.5. The van der Waals surface area contributed by atoms with Crippen molar-refractivity contribution in [3.8, 4) is 0 Å². The van der Waals surface area contributed by atoms with Gasteiger partial charge in [-0.15, -0.1) is 0 Å². The van der Waals surface area contributed by atoms with Gasteiger partial charge in [-0.25, -0.2) is 0 Å². The summed E-state index contributed by atoms with van der Waals surface area (Å²) < 4.78 is 11.3. The lowest BCUT2D eigenvalue weighted by Crippen LogP contribution is -2.32. The lowest BCUT2D eigenvalue weighted by Gasteiger charge is -2.25. The molecule has 0 fully saturated rings. The van der Waals surface area contributed by atoms with Crippen LogP contribution in [0.5, 0.6) is 0 Å². The standard InChI is InChI=1S/C8H22N2O3P2/c1-9(2)5-6-10(7-14(3)11)8-15(4,12)13/h11H,5-8H2,1-4H3,(H,12,13). The molecule has 2 atom stereocenters. The van der Waals surface area contributed by atoms with E-state index in [0.29, 0.717) is 12.8 Å². The van der Waals surface area contributed by atoms with Crippen LogP contribution in [-0.4, -0.2) is 72.7 Å². The second-order valence-corrected chi connectivity index (χ2v) is 8.17. The summed E-state index contributed by atoms with van der Waals surface area (Å²) in [6.07, 6.45) is 0.662. The summed E-state index contributed by atoms with van der Waals surface area (Å²) in [6.45, 7) is 4.63. The summed E-state index contributed by atoms with van der Waals surface area (Å²) in [5.41, 5.74) is 0. The van der Waals surface area contributed by atoms with Gasteiger partial charge < -0.3 is 14.7 Å². The highest BCUT2D eigenvalue weighted by Gasteiger charge is 2.17. The zero-order valence-electron chi connectivity index (χ0n) is 9.92. The molecule has 0 aliphatic heterocycles. The van der Waals surface area contributed by atoms with E-state index in [0.717, 1.165) is 6.54 Å². The number of hydrogen-bond acceptors (Lipinski definition) is 4. The minimum atomic E-state index is -3.03. The van der Waals surface area contributed by atoms with Gasteiger partial charge in [-0.2, -0.15) is 0 Å². The van der Waals surface area contributed by atoms with Gasteiger partial charge in [-0.3, -0.25) is 9.46 Å². The molecule has 0 aromatic heterocycles. The molecular weight excluding hydrogens is 234 g/mol. The molecule has 0 heterocycles. The van der Waals surface area contributed by atoms with Crippen LogP contribution in [0, 0.1) is 0 Å². The van der Waals surface area contributed by atoms with Gasteiger partial charge in [0, 0.05) is 34.2 Å². The number of nitrogens with zero attached hydrogens (tertiary/aromatic N) is 2. The van der Waals surface area contributed by atoms with Gasteiger partial charge >= 0.3 is 0 Å². The van der Waals surface area contributed by atoms with E-state index in [1.807, 2.05) is 23.9 Å². The first-order chi connectivity index (χ1) is 6.70. The quantitative estimate of drug-likeness (QED) is 0.656. The first-order valence-electron chi connectivity index (χ1n) is 4.77. The molecule has 7 heteroatoms. The SMILES string of the molecule is CN(C)CCN(CP(C)O)CP(C)(=O)O. The van der Waals surface area contributed by atoms with Crippen LogP contribution in [0.1, 0.15) is 0 Å². The van der Waals surface area contributed by atoms with Crippen molar-refractivity contribution in [1.29, 1.82) is 0 Å². The fraction of sp³-hybridized carbons (Fsp3) is 1.00. The highest BCUT2D eigenvalue weighted by atomic mass is 31.2. The lowest BCUT2D eigenvalue weighted by atomic mass is 10.5. The van der Waals surface area contributed by atoms with Crippen LogP contribution in [0.15, 0.2) is 0 Å². The van der Waals surface area contributed by atoms with E-state index < -0.39 is 15.5 Å². The molecule has 15 heavy (non-hydrogen) atoms. The highest BCUT2D eigenvalue weighted by molar-refractivity contribution is 7.57. The molecule has 0 aliphatic rings. The largest absolute Gasteiger partial charge is 0.373 e. The van der Waals surface area contributed by atoms with E-state index in [9.17, 15) is 14.4 Å². The molecule has 5 nitrogen and oxygen atoms in total. The van der Waals surface area contributed by atoms with Gasteiger partial charge in [0.1, 0.15) is 0 Å². The van der Waals surface area contributed by atoms with Crippen LogP contribution < -0.4 is 0 Å². The second-order valence-electron chi connectivity index (χ2n) is 4.19. The minimum Gasteiger partial charge on any atom is -0.373 e. The minimum absolute atomic E-state index is 0.161. The molecular formula is C8H22N2O3P2. The summed E-state index contributed by atoms with van der Waals surface area (Å²) >= 11 is 0. The Morgan fingerprint density at radius 3 is 2.20 bits per heavy atom. The Bertz CT molecular complexity index is 218. The fourth-order valence-corrected chi connectivity index (χ4v) is 3.15. The molecule has 0 rings (SSSR count). The molecule has 0 bridgehead atoms. The van der Waals surface area contributed by atoms with E-state index in [2.05, 4.69) is 0 Å². The highest BCUT2D eigenvalue weighted by Crippen LogP contribution is 2.37. The van der Waals surface area contributed by atoms with E-state index in [4.69, 9.17) is 0 Å². The maximum absolute atomic E-state index is 11.3. The third kappa shape index (κ3) is 10.8. The first-order valence-corrected chi connectivity index (χ1v) is 8.99. The van der Waals surface area contributed by atoms with Gasteiger partial charge in [-0.1, -0.05) is 0 Å². The zero-order chi connectivity index (χ0) is 12.1. The van der Waals surface area contributed by atoms with E-state index in [1.54, 1.807) is 6.66 Å². The summed E-state index contributed by atoms with van der Waals surface area (Å²) in [6, 6.07) is 0. The Kier molecular flexibility index (Phi) is 7.18. The smallest absolute Gasteiger partial charge is 0.211 e. The lowest BCUT2D eigenvalue weighted by molar-refractivity contribution is 0.289. The number of hydrogen-bond donors (Lipinski definition) is 2. The normalized spacial score (nSPS) is 18.1. The van der Waals surface area contributed by atoms with Crippen LogP contribution >= 0.6 is 15.5 Å². The van der Waals surface area contributed by atoms with Crippen LogP contribution in [0.25, 0.3) is 0 Å². The van der Waals surface area contributed by atoms with Crippen molar-refractivity contribution in [2.45, 2.75) is 0 Å². The maximum atomic E-state index is 11.3. The molecule has 0 amide bonds. The van der Waals surface area contributed by atoms with Crippen molar-refractivity contribution < 1.29 is 14.4 Å². The summed E-state index contributed by atoms with van der Waals surface area (Å²) in [4.78, 5) is 22.5. The topological polar surface area (TPSA) is 64.0 Å². The van der Waals surface area contributed by atoms with E-state index in [1.165, 1.54) is 6.66 Å². The third-order valence-electron chi connectivity index (χ3n) is 1.73. The van der Waals surface area contributed by atoms with Crippen molar-refractivity contribution >= 4 is 15.5 Å². The molecule has 0 aromatic carbocycles. The van der Waals surface area contributed by atoms with Crippen LogP contribution in [0.2, 0.25) is 0 Å². The summed E-state index contributed by atoms with van der Waals surface area (Å²) in [5.74, 6) is 0. The van der Waals surface area contributed by atoms with Crippen LogP contribution in [0.3, 0.4) is 0 Å². The van der Waals surface area contributed by atoms with Gasteiger partial charge in [0.25, 0.3) is 0 Å². The molecule has 0 saturated heterocycles. The second kappa shape index (κ2) is 6.95. The Morgan fingerprint density at radius 2 is 1.87 bits per heavy atom. The molecule has 92 valence electrons. The average Bonchev–Trinajstić information content (AvgIpc) is 1.95. The number of likely N-dealkylation sites (N-methyl/N-ethyl adjacent to an activating group) is 1. The molecule has 0 aliphatic carbocycles. The molecule has 0 saturated carbocycles. The van der Waals surface area contributed by atoms with Gasteiger partial charge in [0.2, 0.25) is 7.37 Å². The van der Waals surface area contributed by atoms with Gasteiger partial charge in [0.15, 0.2) is 0 Å². The van der Waals surface area contributed by atoms with Crippen molar-refractivity contribution in [1.82, 2.24) is 9.80 Å². The van der Waals surface area contributed by atoms with Gasteiger partial charge in [-0.05, 0) is 20.8 Å². The molecule has 2 unspecified atom stereocenters. The Labute approximate surface area is 93.4 Å². The van der Waals surface area contributed by atoms with Crippen molar-refractivity contribution in [3.05, 3.63) is 0 Å². The summed E-state index contributed by atoms with van der Waals surface area (Å²) in [7, 11) is -0.170. The Morgan fingerprint density at radius 1 is 1.33 bits per heavy atom. The maximum Gasteiger partial charge on any atom is 0.211 e. The molecule has 0 radical (unpaired) electrons. The predicted molar refractivity (Wildman–Crippen MR) is 65.8 cm³/mol. The zero-order valence-corrected chi connectivity index (χ0v) is 11.7. The van der Waals surface area contributed by atoms with E-state index in [-0.39, 0.29) is 6.29 Å². The fourth-order valence-electron chi connectivity index (χ4n) is 1.19. The van der Waals surface area contributed by atoms with Crippen LogP contribution in [-0.2, 0) is 4.57 Å². The predicted octanol–water partition coefficient (Wildman–Crippen LogP) is 0.684. The third-order valence-corrected chi connectivity index (χ3v) is 3.46. The van der Waals surface area contributed by atoms with Crippen molar-refractivity contribution in [2.75, 3.05) is 53.1 Å². The van der Waals surface area contributed by atoms with Crippen molar-refractivity contribution in [2.24, 2.45) is 0 Å². The van der Waals surface area contributed by atoms with Gasteiger partial charge in [0.05, 0.1) is 6.29 Å². The monoisotopic (exact) mass is 256 g/mol. The Hall–Kier alpha value is 0.500. The average molecular weight is 256 g/mol. The van der Waals surface area contributed by atoms with E-state index >= 15 is 0 Å².